The maximum absolute atomic E-state index is 12.8. The van der Waals surface area contributed by atoms with E-state index >= 15 is 0 Å². The Labute approximate surface area is 205 Å². The number of furan rings is 1. The van der Waals surface area contributed by atoms with Crippen LogP contribution in [-0.4, -0.2) is 72.2 Å². The number of amides is 3. The fourth-order valence-corrected chi connectivity index (χ4v) is 4.12. The second-order valence-corrected chi connectivity index (χ2v) is 8.82. The van der Waals surface area contributed by atoms with Crippen LogP contribution in [-0.2, 0) is 11.3 Å². The van der Waals surface area contributed by atoms with Crippen molar-refractivity contribution in [1.29, 1.82) is 0 Å². The van der Waals surface area contributed by atoms with E-state index in [4.69, 9.17) is 4.42 Å². The van der Waals surface area contributed by atoms with Gasteiger partial charge in [0.05, 0.1) is 12.8 Å². The van der Waals surface area contributed by atoms with Crippen LogP contribution < -0.4 is 5.32 Å². The molecule has 0 aliphatic carbocycles. The molecule has 0 bridgehead atoms. The van der Waals surface area contributed by atoms with Gasteiger partial charge in [0.25, 0.3) is 11.8 Å². The normalized spacial score (nSPS) is 13.9. The van der Waals surface area contributed by atoms with Crippen LogP contribution in [0.5, 0.6) is 0 Å². The number of likely N-dealkylation sites (N-methyl/N-ethyl adjacent to an activating group) is 1. The number of anilines is 1. The Morgan fingerprint density at radius 2 is 1.71 bits per heavy atom. The number of nitrogens with zero attached hydrogens (tertiary/aromatic N) is 3. The minimum Gasteiger partial charge on any atom is -0.459 e. The maximum atomic E-state index is 12.8. The van der Waals surface area contributed by atoms with Gasteiger partial charge in [-0.3, -0.25) is 19.3 Å². The third-order valence-corrected chi connectivity index (χ3v) is 6.07. The lowest BCUT2D eigenvalue weighted by molar-refractivity contribution is -0.133. The molecule has 0 unspecified atom stereocenters. The Bertz CT molecular complexity index is 1170. The lowest BCUT2D eigenvalue weighted by Crippen LogP contribution is -2.51. The minimum atomic E-state index is -0.365. The van der Waals surface area contributed by atoms with Crippen molar-refractivity contribution in [2.75, 3.05) is 45.1 Å². The number of nitrogens with one attached hydrogen (secondary N) is 1. The number of benzene rings is 2. The summed E-state index contributed by atoms with van der Waals surface area (Å²) in [7, 11) is 1.63. The Hall–Kier alpha value is -3.91. The highest BCUT2D eigenvalue weighted by Crippen LogP contribution is 2.14. The summed E-state index contributed by atoms with van der Waals surface area (Å²) in [5.41, 5.74) is 3.52. The van der Waals surface area contributed by atoms with Crippen LogP contribution in [0.15, 0.2) is 71.3 Å². The van der Waals surface area contributed by atoms with Gasteiger partial charge in [-0.05, 0) is 48.9 Å². The first kappa shape index (κ1) is 24.2. The average Bonchev–Trinajstić information content (AvgIpc) is 3.40. The molecule has 1 saturated heterocycles. The number of rotatable bonds is 7. The van der Waals surface area contributed by atoms with Gasteiger partial charge in [0.15, 0.2) is 5.76 Å². The van der Waals surface area contributed by atoms with E-state index in [1.54, 1.807) is 43.4 Å². The molecule has 0 spiro atoms. The summed E-state index contributed by atoms with van der Waals surface area (Å²) in [5.74, 6) is -0.464. The van der Waals surface area contributed by atoms with E-state index in [9.17, 15) is 14.4 Å². The molecule has 4 rings (SSSR count). The van der Waals surface area contributed by atoms with Crippen LogP contribution in [0.3, 0.4) is 0 Å². The van der Waals surface area contributed by atoms with Crippen molar-refractivity contribution in [3.8, 4) is 0 Å². The highest BCUT2D eigenvalue weighted by atomic mass is 16.3. The van der Waals surface area contributed by atoms with Crippen molar-refractivity contribution in [2.45, 2.75) is 13.5 Å². The summed E-state index contributed by atoms with van der Waals surface area (Å²) in [5, 5.41) is 2.71. The standard InChI is InChI=1S/C27H30N4O4/c1-20-5-3-6-21(17-20)18-30-12-14-31(15-13-30)25(32)19-29(2)27(34)22-8-10-23(11-9-22)28-26(33)24-7-4-16-35-24/h3-11,16-17H,12-15,18-19H2,1-2H3,(H,28,33). The molecule has 1 aliphatic rings. The SMILES string of the molecule is Cc1cccc(CN2CCN(C(=O)CN(C)C(=O)c3ccc(NC(=O)c4ccco4)cc3)CC2)c1. The Morgan fingerprint density at radius 3 is 2.37 bits per heavy atom. The minimum absolute atomic E-state index is 0.0215. The predicted molar refractivity (Wildman–Crippen MR) is 133 cm³/mol. The quantitative estimate of drug-likeness (QED) is 0.568. The molecule has 182 valence electrons. The third-order valence-electron chi connectivity index (χ3n) is 6.07. The van der Waals surface area contributed by atoms with Crippen molar-refractivity contribution in [3.05, 3.63) is 89.4 Å². The van der Waals surface area contributed by atoms with Crippen LogP contribution >= 0.6 is 0 Å². The van der Waals surface area contributed by atoms with Gasteiger partial charge in [-0.25, -0.2) is 0 Å². The molecular weight excluding hydrogens is 444 g/mol. The van der Waals surface area contributed by atoms with Crippen LogP contribution in [0.4, 0.5) is 5.69 Å². The van der Waals surface area contributed by atoms with E-state index in [1.165, 1.54) is 22.3 Å². The predicted octanol–water partition coefficient (Wildman–Crippen LogP) is 3.26. The van der Waals surface area contributed by atoms with E-state index in [2.05, 4.69) is 41.4 Å². The van der Waals surface area contributed by atoms with Crippen molar-refractivity contribution < 1.29 is 18.8 Å². The molecule has 3 aromatic rings. The molecule has 2 heterocycles. The molecule has 0 radical (unpaired) electrons. The van der Waals surface area contributed by atoms with Gasteiger partial charge in [-0.15, -0.1) is 0 Å². The molecule has 0 saturated carbocycles. The smallest absolute Gasteiger partial charge is 0.291 e. The summed E-state index contributed by atoms with van der Waals surface area (Å²) < 4.78 is 5.07. The average molecular weight is 475 g/mol. The van der Waals surface area contributed by atoms with Crippen LogP contribution in [0.1, 0.15) is 32.0 Å². The number of aryl methyl sites for hydroxylation is 1. The van der Waals surface area contributed by atoms with Crippen molar-refractivity contribution >= 4 is 23.4 Å². The molecule has 2 aromatic carbocycles. The molecule has 35 heavy (non-hydrogen) atoms. The fourth-order valence-electron chi connectivity index (χ4n) is 4.12. The molecule has 8 nitrogen and oxygen atoms in total. The zero-order chi connectivity index (χ0) is 24.8. The highest BCUT2D eigenvalue weighted by Gasteiger charge is 2.24. The lowest BCUT2D eigenvalue weighted by atomic mass is 10.1. The van der Waals surface area contributed by atoms with Crippen molar-refractivity contribution in [3.63, 3.8) is 0 Å². The highest BCUT2D eigenvalue weighted by molar-refractivity contribution is 6.02. The summed E-state index contributed by atoms with van der Waals surface area (Å²) in [6.07, 6.45) is 1.43. The van der Waals surface area contributed by atoms with Crippen LogP contribution in [0, 0.1) is 6.92 Å². The number of carbonyl (C=O) groups excluding carboxylic acids is 3. The third kappa shape index (κ3) is 6.36. The molecule has 8 heteroatoms. The van der Waals surface area contributed by atoms with E-state index in [1.807, 2.05) is 4.90 Å². The number of hydrogen-bond acceptors (Lipinski definition) is 5. The van der Waals surface area contributed by atoms with Gasteiger partial charge in [0, 0.05) is 51.0 Å². The first-order chi connectivity index (χ1) is 16.9. The van der Waals surface area contributed by atoms with E-state index in [0.29, 0.717) is 24.3 Å². The molecule has 0 atom stereocenters. The first-order valence-electron chi connectivity index (χ1n) is 11.6. The summed E-state index contributed by atoms with van der Waals surface area (Å²) in [6, 6.07) is 18.3. The molecule has 1 N–H and O–H groups in total. The maximum Gasteiger partial charge on any atom is 0.291 e. The van der Waals surface area contributed by atoms with Gasteiger partial charge in [-0.1, -0.05) is 29.8 Å². The number of hydrogen-bond donors (Lipinski definition) is 1. The fraction of sp³-hybridized carbons (Fsp3) is 0.296. The summed E-state index contributed by atoms with van der Waals surface area (Å²) >= 11 is 0. The largest absolute Gasteiger partial charge is 0.459 e. The van der Waals surface area contributed by atoms with Gasteiger partial charge < -0.3 is 19.5 Å². The molecule has 1 aromatic heterocycles. The zero-order valence-electron chi connectivity index (χ0n) is 20.1. The van der Waals surface area contributed by atoms with Gasteiger partial charge in [0.2, 0.25) is 5.91 Å². The van der Waals surface area contributed by atoms with Gasteiger partial charge >= 0.3 is 0 Å². The Morgan fingerprint density at radius 1 is 0.971 bits per heavy atom. The van der Waals surface area contributed by atoms with Crippen molar-refractivity contribution in [2.24, 2.45) is 0 Å². The van der Waals surface area contributed by atoms with Crippen LogP contribution in [0.2, 0.25) is 0 Å². The number of carbonyl (C=O) groups is 3. The summed E-state index contributed by atoms with van der Waals surface area (Å²) in [4.78, 5) is 43.3. The van der Waals surface area contributed by atoms with Crippen LogP contribution in [0.25, 0.3) is 0 Å². The molecular formula is C27H30N4O4. The van der Waals surface area contributed by atoms with E-state index < -0.39 is 0 Å². The lowest BCUT2D eigenvalue weighted by Gasteiger charge is -2.35. The first-order valence-corrected chi connectivity index (χ1v) is 11.6. The zero-order valence-corrected chi connectivity index (χ0v) is 20.1. The Kier molecular flexibility index (Phi) is 7.62. The number of piperazine rings is 1. The molecule has 1 aliphatic heterocycles. The molecule has 1 fully saturated rings. The van der Waals surface area contributed by atoms with E-state index in [0.717, 1.165) is 19.6 Å². The molecule has 3 amide bonds. The summed E-state index contributed by atoms with van der Waals surface area (Å²) in [6.45, 7) is 5.90. The Balaban J connectivity index is 1.24. The van der Waals surface area contributed by atoms with E-state index in [-0.39, 0.29) is 30.0 Å². The second-order valence-electron chi connectivity index (χ2n) is 8.82. The second kappa shape index (κ2) is 11.0. The topological polar surface area (TPSA) is 86.1 Å². The monoisotopic (exact) mass is 474 g/mol. The van der Waals surface area contributed by atoms with Crippen molar-refractivity contribution in [1.82, 2.24) is 14.7 Å². The van der Waals surface area contributed by atoms with Gasteiger partial charge in [-0.2, -0.15) is 0 Å². The van der Waals surface area contributed by atoms with Gasteiger partial charge in [0.1, 0.15) is 0 Å².